The van der Waals surface area contributed by atoms with E-state index < -0.39 is 20.6 Å². The molecule has 1 heterocycles. The zero-order chi connectivity index (χ0) is 14.9. The number of piperazine rings is 1. The van der Waals surface area contributed by atoms with Crippen molar-refractivity contribution in [2.75, 3.05) is 19.6 Å². The minimum Gasteiger partial charge on any atom is -0.312 e. The molecular weight excluding hydrogens is 306 g/mol. The smallest absolute Gasteiger partial charge is 0.289 e. The Balaban J connectivity index is 2.39. The molecule has 1 aliphatic rings. The number of hydrogen-bond donors (Lipinski definition) is 1. The molecule has 1 aromatic rings. The van der Waals surface area contributed by atoms with Gasteiger partial charge in [-0.2, -0.15) is 4.31 Å². The van der Waals surface area contributed by atoms with Crippen LogP contribution in [0.1, 0.15) is 6.92 Å². The van der Waals surface area contributed by atoms with Gasteiger partial charge in [0.25, 0.3) is 5.69 Å². The van der Waals surface area contributed by atoms with E-state index in [2.05, 4.69) is 5.32 Å². The van der Waals surface area contributed by atoms with Crippen LogP contribution in [0.15, 0.2) is 23.1 Å². The van der Waals surface area contributed by atoms with Crippen LogP contribution in [0.2, 0.25) is 5.02 Å². The monoisotopic (exact) mass is 319 g/mol. The Labute approximate surface area is 121 Å². The van der Waals surface area contributed by atoms with Crippen LogP contribution in [0.4, 0.5) is 5.69 Å². The first-order valence-electron chi connectivity index (χ1n) is 6.00. The molecule has 0 saturated carbocycles. The maximum absolute atomic E-state index is 12.5. The highest BCUT2D eigenvalue weighted by molar-refractivity contribution is 7.89. The normalized spacial score (nSPS) is 20.8. The van der Waals surface area contributed by atoms with Gasteiger partial charge in [0.1, 0.15) is 5.02 Å². The largest absolute Gasteiger partial charge is 0.312 e. The summed E-state index contributed by atoms with van der Waals surface area (Å²) in [6.45, 7) is 3.10. The molecule has 9 heteroatoms. The standard InChI is InChI=1S/C11H14ClN3O4S/c1-8-7-14(5-4-13-8)20(18,19)9-2-3-10(12)11(6-9)15(16)17/h2-3,6,8,13H,4-5,7H2,1H3. The molecule has 1 fully saturated rings. The summed E-state index contributed by atoms with van der Waals surface area (Å²) in [6, 6.07) is 3.57. The van der Waals surface area contributed by atoms with Gasteiger partial charge in [0.15, 0.2) is 0 Å². The third kappa shape index (κ3) is 2.93. The Hall–Kier alpha value is -1.22. The predicted octanol–water partition coefficient (Wildman–Crippen LogP) is 1.23. The van der Waals surface area contributed by atoms with Crippen molar-refractivity contribution in [3.8, 4) is 0 Å². The van der Waals surface area contributed by atoms with E-state index >= 15 is 0 Å². The molecule has 7 nitrogen and oxygen atoms in total. The quantitative estimate of drug-likeness (QED) is 0.668. The number of nitro groups is 1. The van der Waals surface area contributed by atoms with Crippen molar-refractivity contribution >= 4 is 27.3 Å². The Morgan fingerprint density at radius 2 is 2.20 bits per heavy atom. The summed E-state index contributed by atoms with van der Waals surface area (Å²) in [5, 5.41) is 13.9. The summed E-state index contributed by atoms with van der Waals surface area (Å²) < 4.78 is 26.2. The van der Waals surface area contributed by atoms with Gasteiger partial charge in [-0.15, -0.1) is 0 Å². The molecule has 1 aliphatic heterocycles. The first-order valence-corrected chi connectivity index (χ1v) is 7.81. The zero-order valence-electron chi connectivity index (χ0n) is 10.7. The van der Waals surface area contributed by atoms with E-state index in [1.54, 1.807) is 0 Å². The van der Waals surface area contributed by atoms with Crippen LogP contribution in [-0.2, 0) is 10.0 Å². The van der Waals surface area contributed by atoms with E-state index in [4.69, 9.17) is 11.6 Å². The number of nitrogens with zero attached hydrogens (tertiary/aromatic N) is 2. The highest BCUT2D eigenvalue weighted by Crippen LogP contribution is 2.28. The Kier molecular flexibility index (Phi) is 4.28. The van der Waals surface area contributed by atoms with E-state index in [9.17, 15) is 18.5 Å². The van der Waals surface area contributed by atoms with Gasteiger partial charge < -0.3 is 5.32 Å². The third-order valence-electron chi connectivity index (χ3n) is 3.08. The molecular formula is C11H14ClN3O4S. The van der Waals surface area contributed by atoms with Crippen molar-refractivity contribution in [3.05, 3.63) is 33.3 Å². The zero-order valence-corrected chi connectivity index (χ0v) is 12.3. The fraction of sp³-hybridized carbons (Fsp3) is 0.455. The summed E-state index contributed by atoms with van der Waals surface area (Å²) in [5.74, 6) is 0. The second-order valence-electron chi connectivity index (χ2n) is 4.59. The lowest BCUT2D eigenvalue weighted by molar-refractivity contribution is -0.384. The average molecular weight is 320 g/mol. The van der Waals surface area contributed by atoms with Crippen LogP contribution >= 0.6 is 11.6 Å². The van der Waals surface area contributed by atoms with Crippen molar-refractivity contribution in [1.82, 2.24) is 9.62 Å². The van der Waals surface area contributed by atoms with Gasteiger partial charge in [-0.3, -0.25) is 10.1 Å². The molecule has 0 spiro atoms. The van der Waals surface area contributed by atoms with Crippen LogP contribution in [0.25, 0.3) is 0 Å². The molecule has 1 saturated heterocycles. The molecule has 0 aromatic heterocycles. The van der Waals surface area contributed by atoms with Crippen LogP contribution < -0.4 is 5.32 Å². The summed E-state index contributed by atoms with van der Waals surface area (Å²) in [4.78, 5) is 10.0. The SMILES string of the molecule is CC1CN(S(=O)(=O)c2ccc(Cl)c([N+](=O)[O-])c2)CCN1. The minimum atomic E-state index is -3.74. The molecule has 1 aromatic carbocycles. The van der Waals surface area contributed by atoms with E-state index in [-0.39, 0.29) is 16.0 Å². The van der Waals surface area contributed by atoms with Gasteiger partial charge in [-0.1, -0.05) is 11.6 Å². The minimum absolute atomic E-state index is 0.0424. The fourth-order valence-electron chi connectivity index (χ4n) is 2.06. The maximum atomic E-state index is 12.5. The molecule has 1 unspecified atom stereocenters. The maximum Gasteiger partial charge on any atom is 0.289 e. The number of hydrogen-bond acceptors (Lipinski definition) is 5. The van der Waals surface area contributed by atoms with Crippen LogP contribution in [-0.4, -0.2) is 43.3 Å². The number of halogens is 1. The molecule has 0 radical (unpaired) electrons. The van der Waals surface area contributed by atoms with Crippen molar-refractivity contribution in [3.63, 3.8) is 0 Å². The first kappa shape index (κ1) is 15.2. The third-order valence-corrected chi connectivity index (χ3v) is 5.26. The van der Waals surface area contributed by atoms with Gasteiger partial charge in [0.2, 0.25) is 10.0 Å². The van der Waals surface area contributed by atoms with Crippen molar-refractivity contribution in [2.24, 2.45) is 0 Å². The van der Waals surface area contributed by atoms with Crippen molar-refractivity contribution < 1.29 is 13.3 Å². The predicted molar refractivity (Wildman–Crippen MR) is 74.3 cm³/mol. The summed E-state index contributed by atoms with van der Waals surface area (Å²) >= 11 is 5.69. The van der Waals surface area contributed by atoms with Gasteiger partial charge in [-0.05, 0) is 19.1 Å². The van der Waals surface area contributed by atoms with Crippen molar-refractivity contribution in [1.29, 1.82) is 0 Å². The number of rotatable bonds is 3. The highest BCUT2D eigenvalue weighted by Gasteiger charge is 2.30. The van der Waals surface area contributed by atoms with Gasteiger partial charge in [0, 0.05) is 31.7 Å². The average Bonchev–Trinajstić information content (AvgIpc) is 2.38. The second-order valence-corrected chi connectivity index (χ2v) is 6.93. The Morgan fingerprint density at radius 1 is 1.50 bits per heavy atom. The number of sulfonamides is 1. The number of benzene rings is 1. The highest BCUT2D eigenvalue weighted by atomic mass is 35.5. The van der Waals surface area contributed by atoms with Gasteiger partial charge in [0.05, 0.1) is 9.82 Å². The van der Waals surface area contributed by atoms with E-state index in [1.807, 2.05) is 6.92 Å². The Bertz CT molecular complexity index is 635. The van der Waals surface area contributed by atoms with Crippen LogP contribution in [0, 0.1) is 10.1 Å². The Morgan fingerprint density at radius 3 is 2.80 bits per heavy atom. The molecule has 1 atom stereocenters. The summed E-state index contributed by atoms with van der Waals surface area (Å²) in [6.07, 6.45) is 0. The topological polar surface area (TPSA) is 92.5 Å². The molecule has 1 N–H and O–H groups in total. The summed E-state index contributed by atoms with van der Waals surface area (Å²) in [7, 11) is -3.74. The van der Waals surface area contributed by atoms with Gasteiger partial charge in [-0.25, -0.2) is 8.42 Å². The van der Waals surface area contributed by atoms with Crippen molar-refractivity contribution in [2.45, 2.75) is 17.9 Å². The lowest BCUT2D eigenvalue weighted by Gasteiger charge is -2.30. The molecule has 110 valence electrons. The molecule has 20 heavy (non-hydrogen) atoms. The first-order chi connectivity index (χ1) is 9.32. The van der Waals surface area contributed by atoms with E-state index in [0.29, 0.717) is 19.6 Å². The number of nitro benzene ring substituents is 1. The van der Waals surface area contributed by atoms with E-state index in [0.717, 1.165) is 6.07 Å². The lowest BCUT2D eigenvalue weighted by atomic mass is 10.3. The summed E-state index contributed by atoms with van der Waals surface area (Å²) in [5.41, 5.74) is -0.407. The van der Waals surface area contributed by atoms with Gasteiger partial charge >= 0.3 is 0 Å². The molecule has 0 amide bonds. The van der Waals surface area contributed by atoms with Crippen LogP contribution in [0.3, 0.4) is 0 Å². The molecule has 0 aliphatic carbocycles. The number of nitrogens with one attached hydrogen (secondary N) is 1. The fourth-order valence-corrected chi connectivity index (χ4v) is 3.79. The molecule has 2 rings (SSSR count). The lowest BCUT2D eigenvalue weighted by Crippen LogP contribution is -2.51. The van der Waals surface area contributed by atoms with E-state index in [1.165, 1.54) is 16.4 Å². The van der Waals surface area contributed by atoms with Crippen LogP contribution in [0.5, 0.6) is 0 Å². The second kappa shape index (κ2) is 5.65. The molecule has 0 bridgehead atoms.